The van der Waals surface area contributed by atoms with E-state index < -0.39 is 17.6 Å². The number of amidine groups is 1. The van der Waals surface area contributed by atoms with Crippen LogP contribution in [-0.4, -0.2) is 30.9 Å². The molecule has 0 saturated heterocycles. The largest absolute Gasteiger partial charge is 0.417 e. The van der Waals surface area contributed by atoms with Crippen LogP contribution in [0.3, 0.4) is 0 Å². The van der Waals surface area contributed by atoms with Gasteiger partial charge >= 0.3 is 6.18 Å². The Balaban J connectivity index is 3.11. The SMILES string of the molecule is CSCCC(C)N(C)c1ccc(C(F)(F)F)c(C(=N)N)c1. The van der Waals surface area contributed by atoms with Gasteiger partial charge in [-0.15, -0.1) is 0 Å². The summed E-state index contributed by atoms with van der Waals surface area (Å²) >= 11 is 1.73. The van der Waals surface area contributed by atoms with E-state index in [1.807, 2.05) is 25.1 Å². The molecule has 0 spiro atoms. The van der Waals surface area contributed by atoms with Crippen molar-refractivity contribution in [2.75, 3.05) is 24.0 Å². The van der Waals surface area contributed by atoms with Crippen LogP contribution in [0.15, 0.2) is 18.2 Å². The maximum absolute atomic E-state index is 12.9. The maximum Gasteiger partial charge on any atom is 0.417 e. The van der Waals surface area contributed by atoms with E-state index in [9.17, 15) is 13.2 Å². The molecule has 118 valence electrons. The number of nitrogens with two attached hydrogens (primary N) is 1. The zero-order valence-corrected chi connectivity index (χ0v) is 13.1. The van der Waals surface area contributed by atoms with Crippen molar-refractivity contribution in [3.05, 3.63) is 29.3 Å². The molecule has 0 radical (unpaired) electrons. The number of anilines is 1. The predicted molar refractivity (Wildman–Crippen MR) is 83.3 cm³/mol. The Labute approximate surface area is 127 Å². The van der Waals surface area contributed by atoms with Crippen molar-refractivity contribution >= 4 is 23.3 Å². The summed E-state index contributed by atoms with van der Waals surface area (Å²) in [6.07, 6.45) is -1.57. The molecule has 1 unspecified atom stereocenters. The fraction of sp³-hybridized carbons (Fsp3) is 0.500. The Hall–Kier alpha value is -1.37. The Morgan fingerprint density at radius 1 is 1.43 bits per heavy atom. The van der Waals surface area contributed by atoms with Crippen molar-refractivity contribution < 1.29 is 13.2 Å². The quantitative estimate of drug-likeness (QED) is 0.622. The fourth-order valence-electron chi connectivity index (χ4n) is 1.96. The highest BCUT2D eigenvalue weighted by atomic mass is 32.2. The Morgan fingerprint density at radius 2 is 2.05 bits per heavy atom. The van der Waals surface area contributed by atoms with Gasteiger partial charge in [0.15, 0.2) is 0 Å². The van der Waals surface area contributed by atoms with E-state index in [4.69, 9.17) is 11.1 Å². The number of hydrogen-bond acceptors (Lipinski definition) is 3. The standard InChI is InChI=1S/C14H20F3N3S/c1-9(6-7-21-3)20(2)10-4-5-12(14(15,16)17)11(8-10)13(18)19/h4-5,8-9H,6-7H2,1-3H3,(H3,18,19). The van der Waals surface area contributed by atoms with Gasteiger partial charge in [0.1, 0.15) is 5.84 Å². The molecule has 0 aliphatic rings. The molecule has 0 saturated carbocycles. The second-order valence-electron chi connectivity index (χ2n) is 4.88. The third kappa shape index (κ3) is 4.56. The van der Waals surface area contributed by atoms with Gasteiger partial charge in [-0.2, -0.15) is 24.9 Å². The summed E-state index contributed by atoms with van der Waals surface area (Å²) in [6, 6.07) is 3.93. The molecule has 0 aliphatic carbocycles. The molecule has 21 heavy (non-hydrogen) atoms. The molecule has 7 heteroatoms. The molecule has 0 aromatic heterocycles. The number of nitrogen functional groups attached to an aromatic ring is 1. The van der Waals surface area contributed by atoms with Crippen molar-refractivity contribution in [1.29, 1.82) is 5.41 Å². The molecular weight excluding hydrogens is 299 g/mol. The van der Waals surface area contributed by atoms with Crippen LogP contribution in [0.1, 0.15) is 24.5 Å². The topological polar surface area (TPSA) is 53.1 Å². The Morgan fingerprint density at radius 3 is 2.52 bits per heavy atom. The first kappa shape index (κ1) is 17.7. The van der Waals surface area contributed by atoms with Gasteiger partial charge in [-0.25, -0.2) is 0 Å². The first-order valence-corrected chi connectivity index (χ1v) is 7.85. The summed E-state index contributed by atoms with van der Waals surface area (Å²) in [7, 11) is 1.83. The molecule has 1 aromatic rings. The highest BCUT2D eigenvalue weighted by Gasteiger charge is 2.34. The number of benzene rings is 1. The average Bonchev–Trinajstić information content (AvgIpc) is 2.42. The van der Waals surface area contributed by atoms with Crippen LogP contribution in [-0.2, 0) is 6.18 Å². The number of nitrogens with one attached hydrogen (secondary N) is 1. The zero-order valence-electron chi connectivity index (χ0n) is 12.3. The highest BCUT2D eigenvalue weighted by molar-refractivity contribution is 7.98. The van der Waals surface area contributed by atoms with Gasteiger partial charge in [0, 0.05) is 24.3 Å². The Bertz CT molecular complexity index is 503. The summed E-state index contributed by atoms with van der Waals surface area (Å²) in [6.45, 7) is 2.02. The van der Waals surface area contributed by atoms with Crippen LogP contribution in [0.4, 0.5) is 18.9 Å². The molecule has 3 N–H and O–H groups in total. The van der Waals surface area contributed by atoms with Gasteiger partial charge in [-0.05, 0) is 43.6 Å². The van der Waals surface area contributed by atoms with Crippen LogP contribution >= 0.6 is 11.8 Å². The summed E-state index contributed by atoms with van der Waals surface area (Å²) in [5, 5.41) is 7.37. The molecule has 0 bridgehead atoms. The summed E-state index contributed by atoms with van der Waals surface area (Å²) in [4.78, 5) is 1.91. The fourth-order valence-corrected chi connectivity index (χ4v) is 2.54. The van der Waals surface area contributed by atoms with Crippen LogP contribution in [0.25, 0.3) is 0 Å². The molecule has 1 rings (SSSR count). The number of alkyl halides is 3. The first-order chi connectivity index (χ1) is 9.68. The molecule has 0 amide bonds. The van der Waals surface area contributed by atoms with E-state index in [0.717, 1.165) is 18.2 Å². The van der Waals surface area contributed by atoms with Crippen molar-refractivity contribution in [1.82, 2.24) is 0 Å². The third-order valence-electron chi connectivity index (χ3n) is 3.41. The molecule has 3 nitrogen and oxygen atoms in total. The first-order valence-electron chi connectivity index (χ1n) is 6.46. The summed E-state index contributed by atoms with van der Waals surface area (Å²) in [5.41, 5.74) is 4.78. The highest BCUT2D eigenvalue weighted by Crippen LogP contribution is 2.34. The van der Waals surface area contributed by atoms with Crippen LogP contribution in [0.5, 0.6) is 0 Å². The molecule has 1 atom stereocenters. The minimum Gasteiger partial charge on any atom is -0.384 e. The lowest BCUT2D eigenvalue weighted by Gasteiger charge is -2.28. The minimum atomic E-state index is -4.51. The Kier molecular flexibility index (Phi) is 5.95. The monoisotopic (exact) mass is 319 g/mol. The lowest BCUT2D eigenvalue weighted by atomic mass is 10.0. The lowest BCUT2D eigenvalue weighted by molar-refractivity contribution is -0.137. The van der Waals surface area contributed by atoms with E-state index >= 15 is 0 Å². The second-order valence-corrected chi connectivity index (χ2v) is 5.87. The van der Waals surface area contributed by atoms with Gasteiger partial charge in [0.25, 0.3) is 0 Å². The maximum atomic E-state index is 12.9. The van der Waals surface area contributed by atoms with Gasteiger partial charge in [0.05, 0.1) is 5.56 Å². The van der Waals surface area contributed by atoms with Crippen LogP contribution < -0.4 is 10.6 Å². The second kappa shape index (κ2) is 7.06. The third-order valence-corrected chi connectivity index (χ3v) is 4.05. The van der Waals surface area contributed by atoms with E-state index in [1.54, 1.807) is 11.8 Å². The lowest BCUT2D eigenvalue weighted by Crippen LogP contribution is -2.30. The zero-order chi connectivity index (χ0) is 16.2. The molecular formula is C14H20F3N3S. The number of thioether (sulfide) groups is 1. The van der Waals surface area contributed by atoms with Crippen molar-refractivity contribution in [2.24, 2.45) is 5.73 Å². The van der Waals surface area contributed by atoms with Gasteiger partial charge in [0.2, 0.25) is 0 Å². The van der Waals surface area contributed by atoms with E-state index in [0.29, 0.717) is 5.69 Å². The van der Waals surface area contributed by atoms with Crippen molar-refractivity contribution in [3.8, 4) is 0 Å². The van der Waals surface area contributed by atoms with Crippen LogP contribution in [0, 0.1) is 5.41 Å². The molecule has 1 aromatic carbocycles. The van der Waals surface area contributed by atoms with E-state index in [1.165, 1.54) is 12.1 Å². The van der Waals surface area contributed by atoms with Crippen molar-refractivity contribution in [3.63, 3.8) is 0 Å². The van der Waals surface area contributed by atoms with Crippen molar-refractivity contribution in [2.45, 2.75) is 25.6 Å². The minimum absolute atomic E-state index is 0.189. The van der Waals surface area contributed by atoms with E-state index in [-0.39, 0.29) is 11.6 Å². The van der Waals surface area contributed by atoms with E-state index in [2.05, 4.69) is 0 Å². The van der Waals surface area contributed by atoms with Gasteiger partial charge < -0.3 is 10.6 Å². The number of hydrogen-bond donors (Lipinski definition) is 2. The van der Waals surface area contributed by atoms with Crippen LogP contribution in [0.2, 0.25) is 0 Å². The summed E-state index contributed by atoms with van der Waals surface area (Å²) < 4.78 is 38.7. The number of halogens is 3. The van der Waals surface area contributed by atoms with Gasteiger partial charge in [-0.1, -0.05) is 0 Å². The molecule has 0 aliphatic heterocycles. The number of rotatable bonds is 6. The molecule has 0 fully saturated rings. The predicted octanol–water partition coefficient (Wildman–Crippen LogP) is 3.57. The number of nitrogens with zero attached hydrogens (tertiary/aromatic N) is 1. The normalized spacial score (nSPS) is 13.0. The molecule has 0 heterocycles. The summed E-state index contributed by atoms with van der Waals surface area (Å²) in [5.74, 6) is 0.403. The smallest absolute Gasteiger partial charge is 0.384 e. The van der Waals surface area contributed by atoms with Gasteiger partial charge in [-0.3, -0.25) is 5.41 Å². The average molecular weight is 319 g/mol.